The van der Waals surface area contributed by atoms with Crippen LogP contribution in [0.15, 0.2) is 22.2 Å². The molecule has 0 heterocycles. The van der Waals surface area contributed by atoms with Gasteiger partial charge in [0.2, 0.25) is 0 Å². The molecule has 0 saturated heterocycles. The average Bonchev–Trinajstić information content (AvgIpc) is 2.23. The molecule has 0 aromatic rings. The van der Waals surface area contributed by atoms with Crippen LogP contribution in [0.25, 0.3) is 0 Å². The molecular weight excluding hydrogens is 268 g/mol. The highest BCUT2D eigenvalue weighted by molar-refractivity contribution is 9.11. The zero-order chi connectivity index (χ0) is 12.0. The van der Waals surface area contributed by atoms with Gasteiger partial charge in [-0.1, -0.05) is 40.9 Å². The quantitative estimate of drug-likeness (QED) is 0.565. The van der Waals surface area contributed by atoms with Crippen molar-refractivity contribution < 1.29 is 9.53 Å². The minimum atomic E-state index is -0.0716. The lowest BCUT2D eigenvalue weighted by Crippen LogP contribution is -2.14. The van der Waals surface area contributed by atoms with Gasteiger partial charge in [-0.25, -0.2) is 0 Å². The summed E-state index contributed by atoms with van der Waals surface area (Å²) in [6.07, 6.45) is 7.63. The molecular formula is C13H19BrO2. The van der Waals surface area contributed by atoms with Crippen LogP contribution >= 0.6 is 15.9 Å². The van der Waals surface area contributed by atoms with Gasteiger partial charge in [-0.15, -0.1) is 0 Å². The number of esters is 1. The van der Waals surface area contributed by atoms with E-state index in [1.807, 2.05) is 0 Å². The average molecular weight is 287 g/mol. The Kier molecular flexibility index (Phi) is 5.81. The third kappa shape index (κ3) is 4.52. The molecule has 0 amide bonds. The molecule has 1 unspecified atom stereocenters. The van der Waals surface area contributed by atoms with Gasteiger partial charge in [0.15, 0.2) is 0 Å². The number of carbonyl (C=O) groups excluding carboxylic acids is 1. The van der Waals surface area contributed by atoms with Crippen molar-refractivity contribution in [2.45, 2.75) is 39.5 Å². The van der Waals surface area contributed by atoms with Crippen molar-refractivity contribution in [2.75, 3.05) is 6.61 Å². The highest BCUT2D eigenvalue weighted by atomic mass is 79.9. The summed E-state index contributed by atoms with van der Waals surface area (Å²) in [6.45, 7) is 4.72. The second kappa shape index (κ2) is 6.89. The van der Waals surface area contributed by atoms with E-state index in [9.17, 15) is 4.79 Å². The lowest BCUT2D eigenvalue weighted by atomic mass is 9.90. The molecule has 0 fully saturated rings. The fourth-order valence-electron chi connectivity index (χ4n) is 1.67. The molecule has 1 atom stereocenters. The zero-order valence-electron chi connectivity index (χ0n) is 9.96. The van der Waals surface area contributed by atoms with Gasteiger partial charge in [-0.2, -0.15) is 0 Å². The second-order valence-electron chi connectivity index (χ2n) is 4.19. The molecule has 2 nitrogen and oxygen atoms in total. The molecule has 0 aliphatic heterocycles. The maximum Gasteiger partial charge on any atom is 0.306 e. The molecule has 90 valence electrons. The first kappa shape index (κ1) is 13.5. The molecule has 1 aliphatic rings. The van der Waals surface area contributed by atoms with Gasteiger partial charge < -0.3 is 4.74 Å². The Morgan fingerprint density at radius 2 is 2.38 bits per heavy atom. The maximum absolute atomic E-state index is 11.5. The summed E-state index contributed by atoms with van der Waals surface area (Å²) >= 11 is 3.44. The third-order valence-corrected chi connectivity index (χ3v) is 3.33. The van der Waals surface area contributed by atoms with E-state index in [4.69, 9.17) is 4.74 Å². The molecule has 3 heteroatoms. The molecule has 0 bridgehead atoms. The summed E-state index contributed by atoms with van der Waals surface area (Å²) in [4.78, 5) is 11.5. The van der Waals surface area contributed by atoms with E-state index in [2.05, 4.69) is 41.9 Å². The van der Waals surface area contributed by atoms with Crippen molar-refractivity contribution in [3.8, 4) is 0 Å². The van der Waals surface area contributed by atoms with E-state index in [-0.39, 0.29) is 5.97 Å². The number of halogens is 1. The highest BCUT2D eigenvalue weighted by Crippen LogP contribution is 2.28. The lowest BCUT2D eigenvalue weighted by Gasteiger charge is -2.19. The highest BCUT2D eigenvalue weighted by Gasteiger charge is 2.18. The first-order valence-corrected chi connectivity index (χ1v) is 6.62. The third-order valence-electron chi connectivity index (χ3n) is 2.78. The van der Waals surface area contributed by atoms with Gasteiger partial charge in [0.25, 0.3) is 0 Å². The van der Waals surface area contributed by atoms with E-state index >= 15 is 0 Å². The largest absolute Gasteiger partial charge is 0.466 e. The zero-order valence-corrected chi connectivity index (χ0v) is 11.5. The Balaban J connectivity index is 2.33. The summed E-state index contributed by atoms with van der Waals surface area (Å²) in [5.41, 5.74) is 1.25. The number of hydrogen-bond acceptors (Lipinski definition) is 2. The lowest BCUT2D eigenvalue weighted by molar-refractivity contribution is -0.144. The molecule has 0 spiro atoms. The number of carbonyl (C=O) groups is 1. The van der Waals surface area contributed by atoms with Crippen molar-refractivity contribution in [1.29, 1.82) is 0 Å². The smallest absolute Gasteiger partial charge is 0.306 e. The minimum Gasteiger partial charge on any atom is -0.466 e. The van der Waals surface area contributed by atoms with Crippen LogP contribution in [0.1, 0.15) is 39.5 Å². The maximum atomic E-state index is 11.5. The fraction of sp³-hybridized carbons (Fsp3) is 0.615. The van der Waals surface area contributed by atoms with Crippen LogP contribution < -0.4 is 0 Å². The van der Waals surface area contributed by atoms with Crippen LogP contribution in [0.4, 0.5) is 0 Å². The number of unbranched alkanes of at least 4 members (excludes halogenated alkanes) is 1. The second-order valence-corrected chi connectivity index (χ2v) is 5.10. The van der Waals surface area contributed by atoms with Crippen molar-refractivity contribution >= 4 is 21.9 Å². The Hall–Kier alpha value is -0.570. The fourth-order valence-corrected chi connectivity index (χ4v) is 2.22. The predicted octanol–water partition coefficient (Wildman–Crippen LogP) is 3.96. The predicted molar refractivity (Wildman–Crippen MR) is 69.4 cm³/mol. The van der Waals surface area contributed by atoms with Crippen molar-refractivity contribution in [3.05, 3.63) is 22.2 Å². The van der Waals surface area contributed by atoms with E-state index in [0.29, 0.717) is 18.9 Å². The van der Waals surface area contributed by atoms with Gasteiger partial charge in [-0.05, 0) is 31.8 Å². The number of rotatable bonds is 5. The van der Waals surface area contributed by atoms with Gasteiger partial charge >= 0.3 is 5.97 Å². The molecule has 1 rings (SSSR count). The van der Waals surface area contributed by atoms with E-state index in [1.54, 1.807) is 0 Å². The topological polar surface area (TPSA) is 26.3 Å². The normalized spacial score (nSPS) is 20.1. The molecule has 16 heavy (non-hydrogen) atoms. The van der Waals surface area contributed by atoms with Crippen molar-refractivity contribution in [1.82, 2.24) is 0 Å². The van der Waals surface area contributed by atoms with Gasteiger partial charge in [0.05, 0.1) is 13.0 Å². The number of ether oxygens (including phenoxy) is 1. The number of hydrogen-bond donors (Lipinski definition) is 0. The molecule has 0 radical (unpaired) electrons. The summed E-state index contributed by atoms with van der Waals surface area (Å²) in [5, 5.41) is 0. The van der Waals surface area contributed by atoms with Crippen LogP contribution in [0, 0.1) is 5.92 Å². The molecule has 0 N–H and O–H groups in total. The first-order valence-electron chi connectivity index (χ1n) is 5.83. The van der Waals surface area contributed by atoms with Gasteiger partial charge in [-0.3, -0.25) is 4.79 Å². The Labute approximate surface area is 106 Å². The minimum absolute atomic E-state index is 0.0716. The standard InChI is InChI=1S/C13H19BrO2/c1-3-4-7-16-13(15)9-11-5-6-12(14)8-10(11)2/h6,8,11H,3-5,7,9H2,1-2H3. The summed E-state index contributed by atoms with van der Waals surface area (Å²) in [7, 11) is 0. The van der Waals surface area contributed by atoms with E-state index in [0.717, 1.165) is 23.7 Å². The van der Waals surface area contributed by atoms with E-state index < -0.39 is 0 Å². The Bertz CT molecular complexity index is 305. The monoisotopic (exact) mass is 286 g/mol. The van der Waals surface area contributed by atoms with E-state index in [1.165, 1.54) is 5.57 Å². The summed E-state index contributed by atoms with van der Waals surface area (Å²) in [6, 6.07) is 0. The molecule has 0 aromatic carbocycles. The summed E-state index contributed by atoms with van der Waals surface area (Å²) < 4.78 is 6.27. The first-order chi connectivity index (χ1) is 7.63. The SMILES string of the molecule is CCCCOC(=O)CC1CC=C(Br)C=C1C. The molecule has 0 aromatic heterocycles. The van der Waals surface area contributed by atoms with Crippen molar-refractivity contribution in [2.24, 2.45) is 5.92 Å². The Morgan fingerprint density at radius 3 is 3.00 bits per heavy atom. The Morgan fingerprint density at radius 1 is 1.62 bits per heavy atom. The van der Waals surface area contributed by atoms with Crippen LogP contribution in [-0.2, 0) is 9.53 Å². The molecule has 1 aliphatic carbocycles. The summed E-state index contributed by atoms with van der Waals surface area (Å²) in [5.74, 6) is 0.244. The van der Waals surface area contributed by atoms with Gasteiger partial charge in [0, 0.05) is 4.48 Å². The number of allylic oxidation sites excluding steroid dienone is 4. The van der Waals surface area contributed by atoms with Crippen LogP contribution in [-0.4, -0.2) is 12.6 Å². The van der Waals surface area contributed by atoms with Crippen molar-refractivity contribution in [3.63, 3.8) is 0 Å². The van der Waals surface area contributed by atoms with Crippen LogP contribution in [0.5, 0.6) is 0 Å². The molecule has 0 saturated carbocycles. The van der Waals surface area contributed by atoms with Gasteiger partial charge in [0.1, 0.15) is 0 Å². The van der Waals surface area contributed by atoms with Crippen LogP contribution in [0.3, 0.4) is 0 Å². The van der Waals surface area contributed by atoms with Crippen LogP contribution in [0.2, 0.25) is 0 Å².